The number of hydrogen-bond donors (Lipinski definition) is 2. The number of phenolic OH excluding ortho intramolecular Hbond substituents is 2. The Balaban J connectivity index is 2.41. The molecule has 0 aliphatic heterocycles. The normalized spacial score (nSPS) is 11.8. The SMILES string of the molecule is Cc1cc(-c2c(O)ccc3ccccc23)c(O)c(C(C)(C)C)c1. The van der Waals surface area contributed by atoms with Crippen molar-refractivity contribution >= 4 is 10.8 Å². The third-order valence-electron chi connectivity index (χ3n) is 4.24. The van der Waals surface area contributed by atoms with E-state index in [1.54, 1.807) is 6.07 Å². The minimum absolute atomic E-state index is 0.176. The second-order valence-electron chi connectivity index (χ2n) is 7.14. The highest BCUT2D eigenvalue weighted by molar-refractivity contribution is 6.01. The van der Waals surface area contributed by atoms with Crippen molar-refractivity contribution < 1.29 is 10.2 Å². The Morgan fingerprint density at radius 1 is 0.870 bits per heavy atom. The lowest BCUT2D eigenvalue weighted by Gasteiger charge is -2.23. The molecule has 0 aliphatic carbocycles. The van der Waals surface area contributed by atoms with E-state index in [0.717, 1.165) is 21.9 Å². The molecular weight excluding hydrogens is 284 g/mol. The third-order valence-corrected chi connectivity index (χ3v) is 4.24. The van der Waals surface area contributed by atoms with E-state index in [9.17, 15) is 10.2 Å². The van der Waals surface area contributed by atoms with E-state index in [1.165, 1.54) is 0 Å². The van der Waals surface area contributed by atoms with Gasteiger partial charge in [0.2, 0.25) is 0 Å². The quantitative estimate of drug-likeness (QED) is 0.621. The van der Waals surface area contributed by atoms with E-state index >= 15 is 0 Å². The molecule has 0 aromatic heterocycles. The molecule has 0 spiro atoms. The van der Waals surface area contributed by atoms with Crippen molar-refractivity contribution in [3.63, 3.8) is 0 Å². The minimum atomic E-state index is -0.176. The fourth-order valence-electron chi connectivity index (χ4n) is 3.08. The Morgan fingerprint density at radius 2 is 1.57 bits per heavy atom. The van der Waals surface area contributed by atoms with Gasteiger partial charge in [-0.1, -0.05) is 57.2 Å². The summed E-state index contributed by atoms with van der Waals surface area (Å²) in [6.45, 7) is 8.25. The molecule has 0 radical (unpaired) electrons. The number of aromatic hydroxyl groups is 2. The lowest BCUT2D eigenvalue weighted by molar-refractivity contribution is 0.446. The predicted octanol–water partition coefficient (Wildman–Crippen LogP) is 5.52. The fourth-order valence-corrected chi connectivity index (χ4v) is 3.08. The van der Waals surface area contributed by atoms with Gasteiger partial charge >= 0.3 is 0 Å². The third kappa shape index (κ3) is 2.65. The summed E-state index contributed by atoms with van der Waals surface area (Å²) in [5.74, 6) is 0.430. The van der Waals surface area contributed by atoms with Gasteiger partial charge in [0.25, 0.3) is 0 Å². The van der Waals surface area contributed by atoms with Crippen molar-refractivity contribution in [1.29, 1.82) is 0 Å². The van der Waals surface area contributed by atoms with Crippen LogP contribution in [0.4, 0.5) is 0 Å². The summed E-state index contributed by atoms with van der Waals surface area (Å²) in [4.78, 5) is 0. The number of fused-ring (bicyclic) bond motifs is 1. The second-order valence-corrected chi connectivity index (χ2v) is 7.14. The summed E-state index contributed by atoms with van der Waals surface area (Å²) < 4.78 is 0. The molecule has 3 rings (SSSR count). The van der Waals surface area contributed by atoms with E-state index in [-0.39, 0.29) is 16.9 Å². The fraction of sp³-hybridized carbons (Fsp3) is 0.238. The second kappa shape index (κ2) is 5.31. The maximum atomic E-state index is 10.9. The van der Waals surface area contributed by atoms with Crippen LogP contribution in [0.25, 0.3) is 21.9 Å². The molecule has 0 saturated heterocycles. The molecule has 0 unspecified atom stereocenters. The molecule has 23 heavy (non-hydrogen) atoms. The summed E-state index contributed by atoms with van der Waals surface area (Å²) in [5.41, 5.74) is 3.15. The van der Waals surface area contributed by atoms with E-state index in [0.29, 0.717) is 11.1 Å². The molecule has 2 heteroatoms. The zero-order chi connectivity index (χ0) is 16.8. The minimum Gasteiger partial charge on any atom is -0.507 e. The van der Waals surface area contributed by atoms with Crippen molar-refractivity contribution in [2.75, 3.05) is 0 Å². The first-order valence-corrected chi connectivity index (χ1v) is 7.84. The molecule has 118 valence electrons. The van der Waals surface area contributed by atoms with Gasteiger partial charge < -0.3 is 10.2 Å². The van der Waals surface area contributed by atoms with Crippen molar-refractivity contribution in [1.82, 2.24) is 0 Å². The van der Waals surface area contributed by atoms with Gasteiger partial charge in [0.15, 0.2) is 0 Å². The molecule has 2 N–H and O–H groups in total. The van der Waals surface area contributed by atoms with Crippen molar-refractivity contribution in [2.24, 2.45) is 0 Å². The zero-order valence-electron chi connectivity index (χ0n) is 14.0. The van der Waals surface area contributed by atoms with Crippen molar-refractivity contribution in [3.8, 4) is 22.6 Å². The van der Waals surface area contributed by atoms with Gasteiger partial charge in [0, 0.05) is 16.7 Å². The van der Waals surface area contributed by atoms with Gasteiger partial charge in [-0.05, 0) is 40.8 Å². The van der Waals surface area contributed by atoms with Crippen LogP contribution in [-0.4, -0.2) is 10.2 Å². The number of hydrogen-bond acceptors (Lipinski definition) is 2. The first-order chi connectivity index (χ1) is 10.8. The smallest absolute Gasteiger partial charge is 0.127 e. The molecule has 2 nitrogen and oxygen atoms in total. The summed E-state index contributed by atoms with van der Waals surface area (Å²) in [5, 5.41) is 23.3. The molecule has 0 saturated carbocycles. The van der Waals surface area contributed by atoms with Gasteiger partial charge in [-0.25, -0.2) is 0 Å². The van der Waals surface area contributed by atoms with E-state index < -0.39 is 0 Å². The van der Waals surface area contributed by atoms with Crippen LogP contribution in [0, 0.1) is 6.92 Å². The largest absolute Gasteiger partial charge is 0.507 e. The van der Waals surface area contributed by atoms with Crippen LogP contribution in [0.1, 0.15) is 31.9 Å². The molecule has 0 bridgehead atoms. The highest BCUT2D eigenvalue weighted by Crippen LogP contribution is 2.45. The van der Waals surface area contributed by atoms with Gasteiger partial charge in [-0.2, -0.15) is 0 Å². The average Bonchev–Trinajstić information content (AvgIpc) is 2.48. The molecule has 0 atom stereocenters. The molecule has 3 aromatic rings. The Morgan fingerprint density at radius 3 is 2.26 bits per heavy atom. The van der Waals surface area contributed by atoms with Gasteiger partial charge in [0.1, 0.15) is 11.5 Å². The number of phenols is 2. The Hall–Kier alpha value is -2.48. The maximum Gasteiger partial charge on any atom is 0.127 e. The van der Waals surface area contributed by atoms with Crippen LogP contribution in [0.5, 0.6) is 11.5 Å². The lowest BCUT2D eigenvalue weighted by atomic mass is 9.82. The zero-order valence-corrected chi connectivity index (χ0v) is 14.0. The lowest BCUT2D eigenvalue weighted by Crippen LogP contribution is -2.12. The summed E-state index contributed by atoms with van der Waals surface area (Å²) in [6, 6.07) is 15.4. The van der Waals surface area contributed by atoms with Crippen LogP contribution in [0.3, 0.4) is 0 Å². The molecule has 0 heterocycles. The van der Waals surface area contributed by atoms with Crippen molar-refractivity contribution in [3.05, 3.63) is 59.7 Å². The summed E-state index contributed by atoms with van der Waals surface area (Å²) >= 11 is 0. The monoisotopic (exact) mass is 306 g/mol. The highest BCUT2D eigenvalue weighted by atomic mass is 16.3. The molecule has 0 fully saturated rings. The topological polar surface area (TPSA) is 40.5 Å². The standard InChI is InChI=1S/C21H22O2/c1-13-11-16(20(23)17(12-13)21(2,3)4)19-15-8-6-5-7-14(15)9-10-18(19)22/h5-12,22-23H,1-4H3. The Kier molecular flexibility index (Phi) is 3.56. The van der Waals surface area contributed by atoms with Crippen LogP contribution < -0.4 is 0 Å². The van der Waals surface area contributed by atoms with Gasteiger partial charge in [0.05, 0.1) is 0 Å². The van der Waals surface area contributed by atoms with E-state index in [4.69, 9.17) is 0 Å². The first-order valence-electron chi connectivity index (χ1n) is 7.84. The summed E-state index contributed by atoms with van der Waals surface area (Å²) in [7, 11) is 0. The first kappa shape index (κ1) is 15.4. The van der Waals surface area contributed by atoms with Gasteiger partial charge in [-0.15, -0.1) is 0 Å². The molecule has 3 aromatic carbocycles. The average molecular weight is 306 g/mol. The van der Waals surface area contributed by atoms with Gasteiger partial charge in [-0.3, -0.25) is 0 Å². The Labute approximate surface area is 137 Å². The van der Waals surface area contributed by atoms with Crippen LogP contribution in [0.15, 0.2) is 48.5 Å². The maximum absolute atomic E-state index is 10.9. The van der Waals surface area contributed by atoms with Crippen LogP contribution in [0.2, 0.25) is 0 Å². The predicted molar refractivity (Wildman–Crippen MR) is 96.2 cm³/mol. The number of benzene rings is 3. The van der Waals surface area contributed by atoms with Crippen molar-refractivity contribution in [2.45, 2.75) is 33.1 Å². The molecule has 0 aliphatic rings. The van der Waals surface area contributed by atoms with E-state index in [1.807, 2.05) is 49.4 Å². The molecular formula is C21H22O2. The molecule has 0 amide bonds. The van der Waals surface area contributed by atoms with Crippen LogP contribution >= 0.6 is 0 Å². The highest BCUT2D eigenvalue weighted by Gasteiger charge is 2.23. The number of aryl methyl sites for hydroxylation is 1. The summed E-state index contributed by atoms with van der Waals surface area (Å²) in [6.07, 6.45) is 0. The number of rotatable bonds is 1. The Bertz CT molecular complexity index is 886. The van der Waals surface area contributed by atoms with Crippen LogP contribution in [-0.2, 0) is 5.41 Å². The van der Waals surface area contributed by atoms with E-state index in [2.05, 4.69) is 20.8 Å².